The van der Waals surface area contributed by atoms with Gasteiger partial charge in [-0.25, -0.2) is 10.2 Å². The van der Waals surface area contributed by atoms with E-state index in [1.54, 1.807) is 6.08 Å². The molecule has 0 fully saturated rings. The molecule has 0 aliphatic heterocycles. The number of isocyanates is 1. The molecule has 92 valence electrons. The first kappa shape index (κ1) is 14.7. The number of hydrogen-bond acceptors (Lipinski definition) is 5. The Hall–Kier alpha value is -2.26. The second kappa shape index (κ2) is 7.96. The van der Waals surface area contributed by atoms with Crippen LogP contribution in [0.4, 0.5) is 0 Å². The zero-order valence-electron chi connectivity index (χ0n) is 9.47. The van der Waals surface area contributed by atoms with Crippen molar-refractivity contribution in [3.05, 3.63) is 23.8 Å². The summed E-state index contributed by atoms with van der Waals surface area (Å²) in [7, 11) is 0. The number of benzene rings is 1. The van der Waals surface area contributed by atoms with Gasteiger partial charge in [-0.1, -0.05) is 25.5 Å². The highest BCUT2D eigenvalue weighted by Crippen LogP contribution is 2.32. The van der Waals surface area contributed by atoms with Gasteiger partial charge in [0, 0.05) is 12.1 Å². The Morgan fingerprint density at radius 3 is 2.18 bits per heavy atom. The van der Waals surface area contributed by atoms with Gasteiger partial charge >= 0.3 is 0 Å². The number of unbranched alkanes of at least 4 members (excludes halogenated alkanes) is 1. The average Bonchev–Trinajstić information content (AvgIpc) is 2.23. The molecule has 0 amide bonds. The van der Waals surface area contributed by atoms with Gasteiger partial charge in [0.2, 0.25) is 6.08 Å². The first-order valence-corrected chi connectivity index (χ1v) is 5.02. The zero-order chi connectivity index (χ0) is 13.3. The number of phenolic OH excluding ortho intramolecular Hbond substituents is 3. The standard InChI is InChI=1S/C11H14O3.CHNO/c1-2-3-4-5-9-10(13)6-8(12)7-11(9)14;2-1-3/h4-7,12-14H,2-3H2,1H3;2H. The van der Waals surface area contributed by atoms with E-state index in [9.17, 15) is 10.2 Å². The molecule has 0 bridgehead atoms. The Kier molecular flexibility index (Phi) is 6.90. The van der Waals surface area contributed by atoms with Crippen molar-refractivity contribution in [2.45, 2.75) is 19.8 Å². The summed E-state index contributed by atoms with van der Waals surface area (Å²) in [5.41, 5.74) is 0.344. The van der Waals surface area contributed by atoms with E-state index in [0.717, 1.165) is 18.9 Å². The second-order valence-electron chi connectivity index (χ2n) is 3.19. The van der Waals surface area contributed by atoms with Crippen LogP contribution in [0.2, 0.25) is 0 Å². The van der Waals surface area contributed by atoms with Gasteiger partial charge in [0.15, 0.2) is 0 Å². The molecule has 17 heavy (non-hydrogen) atoms. The monoisotopic (exact) mass is 237 g/mol. The van der Waals surface area contributed by atoms with E-state index in [1.807, 2.05) is 13.0 Å². The SMILES string of the molecule is CCCC=Cc1c(O)cc(O)cc1O.N=C=O. The molecule has 0 saturated carbocycles. The molecule has 0 heterocycles. The van der Waals surface area contributed by atoms with Crippen LogP contribution in [-0.2, 0) is 4.79 Å². The van der Waals surface area contributed by atoms with E-state index < -0.39 is 0 Å². The van der Waals surface area contributed by atoms with Gasteiger partial charge in [-0.15, -0.1) is 0 Å². The topological polar surface area (TPSA) is 102 Å². The summed E-state index contributed by atoms with van der Waals surface area (Å²) in [5, 5.41) is 33.2. The van der Waals surface area contributed by atoms with Gasteiger partial charge in [-0.2, -0.15) is 0 Å². The lowest BCUT2D eigenvalue weighted by atomic mass is 10.1. The Labute approximate surface area is 99.2 Å². The second-order valence-corrected chi connectivity index (χ2v) is 3.19. The third-order valence-corrected chi connectivity index (χ3v) is 1.86. The highest BCUT2D eigenvalue weighted by atomic mass is 16.3. The largest absolute Gasteiger partial charge is 0.508 e. The first-order valence-electron chi connectivity index (χ1n) is 5.02. The molecule has 0 spiro atoms. The van der Waals surface area contributed by atoms with Crippen molar-refractivity contribution in [3.8, 4) is 17.2 Å². The molecule has 0 aromatic heterocycles. The molecule has 1 aromatic carbocycles. The van der Waals surface area contributed by atoms with E-state index in [2.05, 4.69) is 0 Å². The fourth-order valence-corrected chi connectivity index (χ4v) is 1.15. The molecule has 0 radical (unpaired) electrons. The molecular weight excluding hydrogens is 222 g/mol. The maximum Gasteiger partial charge on any atom is 0.231 e. The number of aromatic hydroxyl groups is 3. The van der Waals surface area contributed by atoms with Crippen molar-refractivity contribution in [2.75, 3.05) is 0 Å². The lowest BCUT2D eigenvalue weighted by Gasteiger charge is -2.03. The van der Waals surface area contributed by atoms with Crippen molar-refractivity contribution in [2.24, 2.45) is 0 Å². The quantitative estimate of drug-likeness (QED) is 0.479. The average molecular weight is 237 g/mol. The lowest BCUT2D eigenvalue weighted by Crippen LogP contribution is -1.77. The minimum absolute atomic E-state index is 0.116. The van der Waals surface area contributed by atoms with E-state index in [1.165, 1.54) is 12.1 Å². The fraction of sp³-hybridized carbons (Fsp3) is 0.250. The zero-order valence-corrected chi connectivity index (χ0v) is 9.47. The van der Waals surface area contributed by atoms with Crippen molar-refractivity contribution in [1.29, 1.82) is 5.41 Å². The minimum atomic E-state index is -0.146. The summed E-state index contributed by atoms with van der Waals surface area (Å²) in [6.45, 7) is 2.04. The summed E-state index contributed by atoms with van der Waals surface area (Å²) < 4.78 is 0. The summed E-state index contributed by atoms with van der Waals surface area (Å²) in [5.74, 6) is -0.377. The van der Waals surface area contributed by atoms with Gasteiger partial charge in [0.1, 0.15) is 17.2 Å². The van der Waals surface area contributed by atoms with Crippen LogP contribution >= 0.6 is 0 Å². The molecule has 0 atom stereocenters. The maximum absolute atomic E-state index is 9.40. The van der Waals surface area contributed by atoms with E-state index >= 15 is 0 Å². The lowest BCUT2D eigenvalue weighted by molar-refractivity contribution is 0.426. The summed E-state index contributed by atoms with van der Waals surface area (Å²) in [6, 6.07) is 2.40. The van der Waals surface area contributed by atoms with Crippen molar-refractivity contribution < 1.29 is 20.1 Å². The Balaban J connectivity index is 0.000000770. The highest BCUT2D eigenvalue weighted by Gasteiger charge is 2.05. The molecule has 0 aliphatic rings. The van der Waals surface area contributed by atoms with Crippen LogP contribution in [-0.4, -0.2) is 21.4 Å². The van der Waals surface area contributed by atoms with E-state index in [-0.39, 0.29) is 17.2 Å². The van der Waals surface area contributed by atoms with Gasteiger partial charge in [0.05, 0.1) is 5.56 Å². The molecular formula is C12H15NO4. The first-order chi connectivity index (χ1) is 8.06. The van der Waals surface area contributed by atoms with Crippen LogP contribution in [0.1, 0.15) is 25.3 Å². The predicted molar refractivity (Wildman–Crippen MR) is 63.8 cm³/mol. The van der Waals surface area contributed by atoms with Crippen LogP contribution in [0.5, 0.6) is 17.2 Å². The molecule has 5 heteroatoms. The van der Waals surface area contributed by atoms with Gasteiger partial charge in [-0.3, -0.25) is 0 Å². The Morgan fingerprint density at radius 1 is 1.29 bits per heavy atom. The fourth-order valence-electron chi connectivity index (χ4n) is 1.15. The number of allylic oxidation sites excluding steroid dienone is 1. The number of nitrogens with one attached hydrogen (secondary N) is 1. The smallest absolute Gasteiger partial charge is 0.231 e. The number of hydrogen-bond donors (Lipinski definition) is 4. The van der Waals surface area contributed by atoms with Crippen molar-refractivity contribution >= 4 is 12.2 Å². The van der Waals surface area contributed by atoms with Gasteiger partial charge in [-0.05, 0) is 6.42 Å². The van der Waals surface area contributed by atoms with Crippen LogP contribution in [0.3, 0.4) is 0 Å². The Bertz CT molecular complexity index is 398. The third kappa shape index (κ3) is 5.39. The van der Waals surface area contributed by atoms with E-state index in [4.69, 9.17) is 15.3 Å². The van der Waals surface area contributed by atoms with Crippen molar-refractivity contribution in [3.63, 3.8) is 0 Å². The van der Waals surface area contributed by atoms with Gasteiger partial charge in [0.25, 0.3) is 0 Å². The number of phenols is 3. The summed E-state index contributed by atoms with van der Waals surface area (Å²) >= 11 is 0. The summed E-state index contributed by atoms with van der Waals surface area (Å²) in [6.07, 6.45) is 6.16. The molecule has 0 aliphatic carbocycles. The van der Waals surface area contributed by atoms with E-state index in [0.29, 0.717) is 5.56 Å². The van der Waals surface area contributed by atoms with Crippen LogP contribution in [0.15, 0.2) is 18.2 Å². The van der Waals surface area contributed by atoms with Gasteiger partial charge < -0.3 is 15.3 Å². The highest BCUT2D eigenvalue weighted by molar-refractivity contribution is 5.65. The minimum Gasteiger partial charge on any atom is -0.508 e. The third-order valence-electron chi connectivity index (χ3n) is 1.86. The Morgan fingerprint density at radius 2 is 1.76 bits per heavy atom. The maximum atomic E-state index is 9.40. The van der Waals surface area contributed by atoms with Crippen molar-refractivity contribution in [1.82, 2.24) is 0 Å². The van der Waals surface area contributed by atoms with Crippen LogP contribution in [0, 0.1) is 5.41 Å². The van der Waals surface area contributed by atoms with Crippen LogP contribution in [0.25, 0.3) is 6.08 Å². The normalized spacial score (nSPS) is 9.47. The molecule has 5 nitrogen and oxygen atoms in total. The molecule has 1 aromatic rings. The molecule has 0 saturated heterocycles. The molecule has 4 N–H and O–H groups in total. The number of rotatable bonds is 3. The number of carbonyl (C=O) groups excluding carboxylic acids is 1. The predicted octanol–water partition coefficient (Wildman–Crippen LogP) is 2.52. The summed E-state index contributed by atoms with van der Waals surface area (Å²) in [4.78, 5) is 8.35. The van der Waals surface area contributed by atoms with Crippen LogP contribution < -0.4 is 0 Å². The molecule has 0 unspecified atom stereocenters. The molecule has 1 rings (SSSR count).